The highest BCUT2D eigenvalue weighted by Crippen LogP contribution is 2.22. The number of phenolic OH excluding ortho intramolecular Hbond substituents is 1. The van der Waals surface area contributed by atoms with Gasteiger partial charge in [-0.2, -0.15) is 0 Å². The van der Waals surface area contributed by atoms with Gasteiger partial charge in [0.15, 0.2) is 5.82 Å². The molecular weight excluding hydrogens is 360 g/mol. The number of benzene rings is 2. The van der Waals surface area contributed by atoms with E-state index in [1.807, 2.05) is 17.0 Å². The van der Waals surface area contributed by atoms with E-state index in [9.17, 15) is 14.7 Å². The van der Waals surface area contributed by atoms with Crippen LogP contribution in [0.4, 0.5) is 5.82 Å². The Morgan fingerprint density at radius 3 is 2.46 bits per heavy atom. The quantitative estimate of drug-likeness (QED) is 0.707. The molecule has 144 valence electrons. The van der Waals surface area contributed by atoms with E-state index < -0.39 is 0 Å². The van der Waals surface area contributed by atoms with Crippen molar-refractivity contribution in [3.63, 3.8) is 0 Å². The summed E-state index contributed by atoms with van der Waals surface area (Å²) in [7, 11) is 0. The van der Waals surface area contributed by atoms with Crippen molar-refractivity contribution in [1.29, 1.82) is 0 Å². The van der Waals surface area contributed by atoms with Gasteiger partial charge in [-0.15, -0.1) is 9.89 Å². The Balaban J connectivity index is 1.66. The third kappa shape index (κ3) is 3.67. The van der Waals surface area contributed by atoms with Crippen LogP contribution < -0.4 is 15.9 Å². The van der Waals surface area contributed by atoms with Gasteiger partial charge in [-0.05, 0) is 23.8 Å². The van der Waals surface area contributed by atoms with Crippen molar-refractivity contribution in [3.8, 4) is 5.75 Å². The van der Waals surface area contributed by atoms with Crippen LogP contribution >= 0.6 is 0 Å². The Labute approximate surface area is 160 Å². The minimum atomic E-state index is -0.383. The summed E-state index contributed by atoms with van der Waals surface area (Å²) >= 11 is 0. The zero-order valence-corrected chi connectivity index (χ0v) is 15.2. The van der Waals surface area contributed by atoms with Crippen LogP contribution in [0.3, 0.4) is 0 Å². The highest BCUT2D eigenvalue weighted by Gasteiger charge is 2.19. The Kier molecular flexibility index (Phi) is 4.94. The third-order valence-electron chi connectivity index (χ3n) is 4.63. The van der Waals surface area contributed by atoms with Gasteiger partial charge in [0.25, 0.3) is 5.56 Å². The summed E-state index contributed by atoms with van der Waals surface area (Å²) in [6.45, 7) is 2.50. The lowest BCUT2D eigenvalue weighted by molar-refractivity contribution is -0.116. The van der Waals surface area contributed by atoms with Gasteiger partial charge in [-0.3, -0.25) is 9.59 Å². The van der Waals surface area contributed by atoms with Gasteiger partial charge in [0.05, 0.1) is 25.0 Å². The number of nitrogens with zero attached hydrogens (tertiary/aromatic N) is 3. The molecule has 1 aliphatic rings. The van der Waals surface area contributed by atoms with Crippen LogP contribution in [0.1, 0.15) is 5.56 Å². The molecule has 0 spiro atoms. The second-order valence-electron chi connectivity index (χ2n) is 6.56. The monoisotopic (exact) mass is 380 g/mol. The smallest absolute Gasteiger partial charge is 0.294 e. The highest BCUT2D eigenvalue weighted by atomic mass is 16.5. The van der Waals surface area contributed by atoms with Gasteiger partial charge in [-0.1, -0.05) is 30.3 Å². The number of rotatable bonds is 4. The molecule has 2 N–H and O–H groups in total. The van der Waals surface area contributed by atoms with Crippen molar-refractivity contribution in [2.75, 3.05) is 36.6 Å². The Morgan fingerprint density at radius 2 is 1.75 bits per heavy atom. The maximum atomic E-state index is 12.8. The molecule has 0 bridgehead atoms. The molecule has 2 heterocycles. The average Bonchev–Trinajstić information content (AvgIpc) is 2.72. The molecule has 1 saturated heterocycles. The summed E-state index contributed by atoms with van der Waals surface area (Å²) in [5.74, 6) is 0.402. The zero-order chi connectivity index (χ0) is 19.5. The number of morpholine rings is 1. The van der Waals surface area contributed by atoms with Crippen molar-refractivity contribution in [3.05, 3.63) is 64.4 Å². The Bertz CT molecular complexity index is 1060. The van der Waals surface area contributed by atoms with Crippen molar-refractivity contribution >= 4 is 22.5 Å². The van der Waals surface area contributed by atoms with Crippen molar-refractivity contribution in [1.82, 2.24) is 9.89 Å². The molecule has 4 rings (SSSR count). The first-order valence-corrected chi connectivity index (χ1v) is 9.04. The summed E-state index contributed by atoms with van der Waals surface area (Å²) in [5, 5.41) is 15.0. The minimum absolute atomic E-state index is 0.0636. The molecular formula is C20H20N4O4. The molecule has 8 heteroatoms. The average molecular weight is 380 g/mol. The maximum absolute atomic E-state index is 12.8. The number of nitrogens with one attached hydrogen (secondary N) is 1. The van der Waals surface area contributed by atoms with Gasteiger partial charge in [-0.25, -0.2) is 5.43 Å². The molecule has 8 nitrogen and oxygen atoms in total. The second-order valence-corrected chi connectivity index (χ2v) is 6.56. The molecule has 1 fully saturated rings. The van der Waals surface area contributed by atoms with E-state index in [1.165, 1.54) is 12.1 Å². The molecule has 0 saturated carbocycles. The van der Waals surface area contributed by atoms with Crippen molar-refractivity contribution < 1.29 is 14.6 Å². The summed E-state index contributed by atoms with van der Waals surface area (Å²) in [5.41, 5.74) is 2.92. The van der Waals surface area contributed by atoms with E-state index in [-0.39, 0.29) is 23.6 Å². The molecule has 1 aromatic heterocycles. The van der Waals surface area contributed by atoms with Gasteiger partial charge < -0.3 is 14.7 Å². The summed E-state index contributed by atoms with van der Waals surface area (Å²) in [4.78, 5) is 28.3. The first-order chi connectivity index (χ1) is 13.6. The van der Waals surface area contributed by atoms with E-state index >= 15 is 0 Å². The normalized spacial score (nSPS) is 14.2. The lowest BCUT2D eigenvalue weighted by Crippen LogP contribution is -2.41. The van der Waals surface area contributed by atoms with Crippen LogP contribution in [-0.4, -0.2) is 47.2 Å². The van der Waals surface area contributed by atoms with Gasteiger partial charge in [0, 0.05) is 18.5 Å². The number of carbonyl (C=O) groups is 1. The summed E-state index contributed by atoms with van der Waals surface area (Å²) in [6, 6.07) is 13.6. The number of hydrogen-bond acceptors (Lipinski definition) is 6. The van der Waals surface area contributed by atoms with Crippen LogP contribution in [0.5, 0.6) is 5.75 Å². The number of hydrogen-bond donors (Lipinski definition) is 2. The lowest BCUT2D eigenvalue weighted by Gasteiger charge is -2.29. The standard InChI is InChI=1S/C20H20N4O4/c25-15-7-5-14(6-8-15)13-18(26)21-24-20(27)17-4-2-1-3-16(17)19(22-24)23-9-11-28-12-10-23/h1-8,25H,9-13H2,(H,21,26). The SMILES string of the molecule is O=C(Cc1ccc(O)cc1)Nn1nc(N2CCOCC2)c2ccccc2c1=O. The van der Waals surface area contributed by atoms with E-state index in [2.05, 4.69) is 10.5 Å². The van der Waals surface area contributed by atoms with E-state index in [1.54, 1.807) is 24.3 Å². The first kappa shape index (κ1) is 18.0. The third-order valence-corrected chi connectivity index (χ3v) is 4.63. The fourth-order valence-corrected chi connectivity index (χ4v) is 3.21. The molecule has 3 aromatic rings. The molecule has 0 atom stereocenters. The number of aromatic nitrogens is 2. The van der Waals surface area contributed by atoms with Crippen molar-refractivity contribution in [2.45, 2.75) is 6.42 Å². The van der Waals surface area contributed by atoms with Crippen LogP contribution in [0.15, 0.2) is 53.3 Å². The van der Waals surface area contributed by atoms with E-state index in [0.717, 1.165) is 15.7 Å². The molecule has 28 heavy (non-hydrogen) atoms. The molecule has 0 radical (unpaired) electrons. The molecule has 1 amide bonds. The molecule has 1 aliphatic heterocycles. The minimum Gasteiger partial charge on any atom is -0.508 e. The van der Waals surface area contributed by atoms with Crippen LogP contribution in [0.25, 0.3) is 10.8 Å². The Morgan fingerprint density at radius 1 is 1.07 bits per heavy atom. The summed E-state index contributed by atoms with van der Waals surface area (Å²) in [6.07, 6.45) is 0.0636. The highest BCUT2D eigenvalue weighted by molar-refractivity contribution is 5.92. The topological polar surface area (TPSA) is 96.7 Å². The fraction of sp³-hybridized carbons (Fsp3) is 0.250. The van der Waals surface area contributed by atoms with Crippen LogP contribution in [-0.2, 0) is 16.0 Å². The second kappa shape index (κ2) is 7.69. The molecule has 0 unspecified atom stereocenters. The molecule has 2 aromatic carbocycles. The van der Waals surface area contributed by atoms with Gasteiger partial charge >= 0.3 is 0 Å². The Hall–Kier alpha value is -3.39. The van der Waals surface area contributed by atoms with Crippen LogP contribution in [0.2, 0.25) is 0 Å². The number of ether oxygens (including phenoxy) is 1. The first-order valence-electron chi connectivity index (χ1n) is 9.04. The van der Waals surface area contributed by atoms with E-state index in [4.69, 9.17) is 4.74 Å². The van der Waals surface area contributed by atoms with Gasteiger partial charge in [0.2, 0.25) is 5.91 Å². The number of fused-ring (bicyclic) bond motifs is 1. The number of carbonyl (C=O) groups excluding carboxylic acids is 1. The number of phenols is 1. The van der Waals surface area contributed by atoms with Crippen LogP contribution in [0, 0.1) is 0 Å². The maximum Gasteiger partial charge on any atom is 0.294 e. The largest absolute Gasteiger partial charge is 0.508 e. The number of anilines is 1. The predicted octanol–water partition coefficient (Wildman–Crippen LogP) is 1.25. The number of amides is 1. The molecule has 0 aliphatic carbocycles. The zero-order valence-electron chi connectivity index (χ0n) is 15.2. The van der Waals surface area contributed by atoms with E-state index in [0.29, 0.717) is 37.5 Å². The fourth-order valence-electron chi connectivity index (χ4n) is 3.21. The lowest BCUT2D eigenvalue weighted by atomic mass is 10.1. The van der Waals surface area contributed by atoms with Gasteiger partial charge in [0.1, 0.15) is 5.75 Å². The predicted molar refractivity (Wildman–Crippen MR) is 105 cm³/mol. The van der Waals surface area contributed by atoms with Crippen molar-refractivity contribution in [2.24, 2.45) is 0 Å². The summed E-state index contributed by atoms with van der Waals surface area (Å²) < 4.78 is 5.40. The number of aromatic hydroxyl groups is 1.